The Kier molecular flexibility index (Phi) is 6.65. The lowest BCUT2D eigenvalue weighted by Gasteiger charge is -2.07. The lowest BCUT2D eigenvalue weighted by molar-refractivity contribution is 0.0963. The number of unbranched alkanes of at least 4 members (excludes halogenated alkanes) is 1. The van der Waals surface area contributed by atoms with Gasteiger partial charge in [-0.1, -0.05) is 30.6 Å². The van der Waals surface area contributed by atoms with Crippen molar-refractivity contribution in [3.05, 3.63) is 47.1 Å². The summed E-state index contributed by atoms with van der Waals surface area (Å²) in [6.45, 7) is 4.22. The van der Waals surface area contributed by atoms with Crippen molar-refractivity contribution in [3.8, 4) is 0 Å². The Hall–Kier alpha value is -1.82. The van der Waals surface area contributed by atoms with Gasteiger partial charge in [0.15, 0.2) is 5.82 Å². The van der Waals surface area contributed by atoms with E-state index in [1.165, 1.54) is 5.56 Å². The van der Waals surface area contributed by atoms with Crippen LogP contribution in [-0.2, 0) is 12.2 Å². The average molecular weight is 333 g/mol. The largest absolute Gasteiger partial charge is 0.355 e. The number of rotatable bonds is 8. The summed E-state index contributed by atoms with van der Waals surface area (Å²) in [6.07, 6.45) is 3.08. The van der Waals surface area contributed by atoms with Gasteiger partial charge in [0.25, 0.3) is 5.91 Å². The van der Waals surface area contributed by atoms with E-state index in [0.29, 0.717) is 11.5 Å². The topological polar surface area (TPSA) is 68.0 Å². The molecule has 1 aromatic carbocycles. The third-order valence-electron chi connectivity index (χ3n) is 3.53. The van der Waals surface area contributed by atoms with Crippen LogP contribution in [0.4, 0.5) is 0 Å². The monoisotopic (exact) mass is 333 g/mol. The second kappa shape index (κ2) is 8.72. The van der Waals surface area contributed by atoms with E-state index in [1.54, 1.807) is 18.8 Å². The molecular formula is C17H23N3O2S. The third kappa shape index (κ3) is 5.10. The minimum absolute atomic E-state index is 0.0666. The smallest absolute Gasteiger partial charge is 0.251 e. The summed E-state index contributed by atoms with van der Waals surface area (Å²) in [5.41, 5.74) is 1.84. The molecule has 1 aromatic heterocycles. The number of nitrogens with one attached hydrogen (secondary N) is 1. The molecule has 0 fully saturated rings. The minimum Gasteiger partial charge on any atom is -0.355 e. The number of benzene rings is 1. The van der Waals surface area contributed by atoms with Crippen molar-refractivity contribution >= 4 is 17.7 Å². The second-order valence-corrected chi connectivity index (χ2v) is 6.71. The molecule has 6 heteroatoms. The van der Waals surface area contributed by atoms with E-state index in [4.69, 9.17) is 4.52 Å². The Bertz CT molecular complexity index is 625. The summed E-state index contributed by atoms with van der Waals surface area (Å²) in [5.74, 6) is 2.25. The maximum Gasteiger partial charge on any atom is 0.251 e. The molecule has 0 aliphatic heterocycles. The van der Waals surface area contributed by atoms with Gasteiger partial charge in [0.05, 0.1) is 5.25 Å². The molecule has 0 spiro atoms. The minimum atomic E-state index is -0.0666. The lowest BCUT2D eigenvalue weighted by atomic mass is 10.1. The molecule has 1 heterocycles. The fourth-order valence-corrected chi connectivity index (χ4v) is 2.93. The van der Waals surface area contributed by atoms with E-state index in [-0.39, 0.29) is 11.2 Å². The fourth-order valence-electron chi connectivity index (χ4n) is 2.06. The first-order valence-electron chi connectivity index (χ1n) is 7.89. The third-order valence-corrected chi connectivity index (χ3v) is 4.73. The van der Waals surface area contributed by atoms with E-state index >= 15 is 0 Å². The van der Waals surface area contributed by atoms with Crippen molar-refractivity contribution in [2.24, 2.45) is 0 Å². The standard InChI is InChI=1S/C17H23N3O2S/c1-4-5-6-15-19-17(22-20-15)12(2)23-11-13-7-9-14(10-8-13)16(21)18-3/h7-10,12H,4-6,11H2,1-3H3,(H,18,21)/t12-/m1/s1. The molecule has 2 aromatic rings. The van der Waals surface area contributed by atoms with Crippen LogP contribution in [0.3, 0.4) is 0 Å². The van der Waals surface area contributed by atoms with Gasteiger partial charge < -0.3 is 9.84 Å². The Morgan fingerprint density at radius 3 is 2.74 bits per heavy atom. The predicted molar refractivity (Wildman–Crippen MR) is 92.5 cm³/mol. The molecule has 5 nitrogen and oxygen atoms in total. The summed E-state index contributed by atoms with van der Waals surface area (Å²) in [4.78, 5) is 16.0. The van der Waals surface area contributed by atoms with Crippen LogP contribution in [0.2, 0.25) is 0 Å². The molecular weight excluding hydrogens is 310 g/mol. The number of aryl methyl sites for hydroxylation is 1. The zero-order chi connectivity index (χ0) is 16.7. The average Bonchev–Trinajstić information content (AvgIpc) is 3.06. The van der Waals surface area contributed by atoms with Crippen LogP contribution in [0.25, 0.3) is 0 Å². The van der Waals surface area contributed by atoms with Gasteiger partial charge in [-0.2, -0.15) is 4.98 Å². The first kappa shape index (κ1) is 17.5. The zero-order valence-corrected chi connectivity index (χ0v) is 14.7. The van der Waals surface area contributed by atoms with Gasteiger partial charge in [0.2, 0.25) is 5.89 Å². The molecule has 124 valence electrons. The lowest BCUT2D eigenvalue weighted by Crippen LogP contribution is -2.17. The molecule has 0 saturated heterocycles. The van der Waals surface area contributed by atoms with Crippen molar-refractivity contribution in [1.82, 2.24) is 15.5 Å². The summed E-state index contributed by atoms with van der Waals surface area (Å²) >= 11 is 1.74. The molecule has 1 N–H and O–H groups in total. The number of thioether (sulfide) groups is 1. The van der Waals surface area contributed by atoms with Crippen molar-refractivity contribution in [3.63, 3.8) is 0 Å². The molecule has 1 amide bonds. The normalized spacial score (nSPS) is 12.1. The molecule has 23 heavy (non-hydrogen) atoms. The molecule has 0 unspecified atom stereocenters. The number of carbonyl (C=O) groups excluding carboxylic acids is 1. The van der Waals surface area contributed by atoms with E-state index in [2.05, 4.69) is 29.3 Å². The molecule has 0 bridgehead atoms. The van der Waals surface area contributed by atoms with Gasteiger partial charge in [0.1, 0.15) is 0 Å². The van der Waals surface area contributed by atoms with Crippen LogP contribution >= 0.6 is 11.8 Å². The maximum atomic E-state index is 11.5. The zero-order valence-electron chi connectivity index (χ0n) is 13.8. The van der Waals surface area contributed by atoms with Gasteiger partial charge in [0, 0.05) is 24.8 Å². The van der Waals surface area contributed by atoms with Crippen LogP contribution in [0.15, 0.2) is 28.8 Å². The van der Waals surface area contributed by atoms with E-state index in [1.807, 2.05) is 24.3 Å². The highest BCUT2D eigenvalue weighted by molar-refractivity contribution is 7.98. The number of carbonyl (C=O) groups is 1. The fraction of sp³-hybridized carbons (Fsp3) is 0.471. The van der Waals surface area contributed by atoms with E-state index in [9.17, 15) is 4.79 Å². The van der Waals surface area contributed by atoms with Crippen LogP contribution in [0.5, 0.6) is 0 Å². The Morgan fingerprint density at radius 2 is 2.09 bits per heavy atom. The quantitative estimate of drug-likeness (QED) is 0.796. The number of aromatic nitrogens is 2. The Labute approximate surface area is 141 Å². The number of amides is 1. The van der Waals surface area contributed by atoms with Crippen molar-refractivity contribution < 1.29 is 9.32 Å². The van der Waals surface area contributed by atoms with Crippen LogP contribution in [0.1, 0.15) is 59.6 Å². The van der Waals surface area contributed by atoms with Crippen molar-refractivity contribution in [2.45, 2.75) is 44.1 Å². The summed E-state index contributed by atoms with van der Waals surface area (Å²) in [7, 11) is 1.63. The van der Waals surface area contributed by atoms with Crippen molar-refractivity contribution in [1.29, 1.82) is 0 Å². The van der Waals surface area contributed by atoms with Crippen molar-refractivity contribution in [2.75, 3.05) is 7.05 Å². The highest BCUT2D eigenvalue weighted by Gasteiger charge is 2.14. The molecule has 1 atom stereocenters. The van der Waals surface area contributed by atoms with Gasteiger partial charge >= 0.3 is 0 Å². The highest BCUT2D eigenvalue weighted by atomic mass is 32.2. The van der Waals surface area contributed by atoms with Crippen LogP contribution in [0, 0.1) is 0 Å². The molecule has 2 rings (SSSR count). The second-order valence-electron chi connectivity index (χ2n) is 5.38. The van der Waals surface area contributed by atoms with Crippen LogP contribution < -0.4 is 5.32 Å². The summed E-state index contributed by atoms with van der Waals surface area (Å²) in [6, 6.07) is 7.64. The number of hydrogen-bond donors (Lipinski definition) is 1. The highest BCUT2D eigenvalue weighted by Crippen LogP contribution is 2.30. The maximum absolute atomic E-state index is 11.5. The SMILES string of the molecule is CCCCc1noc([C@@H](C)SCc2ccc(C(=O)NC)cc2)n1. The van der Waals surface area contributed by atoms with Gasteiger partial charge in [-0.05, 0) is 31.0 Å². The first-order valence-corrected chi connectivity index (χ1v) is 8.94. The Balaban J connectivity index is 1.87. The number of hydrogen-bond acceptors (Lipinski definition) is 5. The molecule has 0 aliphatic rings. The van der Waals surface area contributed by atoms with E-state index < -0.39 is 0 Å². The Morgan fingerprint density at radius 1 is 1.35 bits per heavy atom. The van der Waals surface area contributed by atoms with Gasteiger partial charge in [-0.25, -0.2) is 0 Å². The van der Waals surface area contributed by atoms with E-state index in [0.717, 1.165) is 30.8 Å². The number of nitrogens with zero attached hydrogens (tertiary/aromatic N) is 2. The van der Waals surface area contributed by atoms with Gasteiger partial charge in [-0.15, -0.1) is 11.8 Å². The van der Waals surface area contributed by atoms with Gasteiger partial charge in [-0.3, -0.25) is 4.79 Å². The molecule has 0 aliphatic carbocycles. The predicted octanol–water partition coefficient (Wildman–Crippen LogP) is 3.77. The summed E-state index contributed by atoms with van der Waals surface area (Å²) in [5, 5.41) is 6.79. The molecule has 0 radical (unpaired) electrons. The first-order chi connectivity index (χ1) is 11.1. The molecule has 0 saturated carbocycles. The summed E-state index contributed by atoms with van der Waals surface area (Å²) < 4.78 is 5.34. The van der Waals surface area contributed by atoms with Crippen LogP contribution in [-0.4, -0.2) is 23.1 Å².